The Bertz CT molecular complexity index is 436. The van der Waals surface area contributed by atoms with Gasteiger partial charge < -0.3 is 5.32 Å². The summed E-state index contributed by atoms with van der Waals surface area (Å²) in [7, 11) is 0. The van der Waals surface area contributed by atoms with Crippen LogP contribution < -0.4 is 5.32 Å². The molecule has 0 bridgehead atoms. The van der Waals surface area contributed by atoms with E-state index in [4.69, 9.17) is 11.6 Å². The minimum Gasteiger partial charge on any atom is -0.316 e. The van der Waals surface area contributed by atoms with Gasteiger partial charge in [-0.3, -0.25) is 0 Å². The number of hydrogen-bond acceptors (Lipinski definition) is 1. The SMILES string of the molecule is Clc1ccc(C2(C3CCNC3)CCC2)cc1CI. The van der Waals surface area contributed by atoms with Gasteiger partial charge in [-0.2, -0.15) is 0 Å². The summed E-state index contributed by atoms with van der Waals surface area (Å²) in [6.07, 6.45) is 5.45. The molecule has 0 aromatic heterocycles. The van der Waals surface area contributed by atoms with Crippen LogP contribution in [0.2, 0.25) is 5.02 Å². The molecule has 1 N–H and O–H groups in total. The molecule has 1 saturated heterocycles. The Hall–Kier alpha value is 0.200. The summed E-state index contributed by atoms with van der Waals surface area (Å²) in [5.41, 5.74) is 3.29. The monoisotopic (exact) mass is 375 g/mol. The number of benzene rings is 1. The van der Waals surface area contributed by atoms with Crippen LogP contribution >= 0.6 is 34.2 Å². The van der Waals surface area contributed by atoms with Gasteiger partial charge in [0.15, 0.2) is 0 Å². The molecule has 1 aromatic carbocycles. The minimum absolute atomic E-state index is 0.453. The summed E-state index contributed by atoms with van der Waals surface area (Å²) in [5, 5.41) is 4.45. The maximum Gasteiger partial charge on any atom is 0.0445 e. The van der Waals surface area contributed by atoms with E-state index in [0.717, 1.165) is 15.4 Å². The summed E-state index contributed by atoms with van der Waals surface area (Å²) >= 11 is 8.66. The van der Waals surface area contributed by atoms with Gasteiger partial charge in [0.25, 0.3) is 0 Å². The zero-order chi connectivity index (χ0) is 12.6. The zero-order valence-corrected chi connectivity index (χ0v) is 13.4. The Morgan fingerprint density at radius 2 is 2.22 bits per heavy atom. The lowest BCUT2D eigenvalue weighted by Crippen LogP contribution is -2.42. The standard InChI is InChI=1S/C15H19ClIN/c16-14-3-2-12(8-11(14)9-17)15(5-1-6-15)13-4-7-18-10-13/h2-3,8,13,18H,1,4-7,9-10H2. The Balaban J connectivity index is 1.96. The predicted octanol–water partition coefficient (Wildman–Crippen LogP) is 4.31. The lowest BCUT2D eigenvalue weighted by Gasteiger charge is -2.47. The van der Waals surface area contributed by atoms with Crippen LogP contribution in [0.25, 0.3) is 0 Å². The van der Waals surface area contributed by atoms with Crippen molar-refractivity contribution >= 4 is 34.2 Å². The van der Waals surface area contributed by atoms with Crippen LogP contribution in [0, 0.1) is 5.92 Å². The molecule has 1 aromatic rings. The number of hydrogen-bond donors (Lipinski definition) is 1. The third-order valence-electron chi connectivity index (χ3n) is 4.85. The van der Waals surface area contributed by atoms with Crippen LogP contribution in [0.1, 0.15) is 36.8 Å². The quantitative estimate of drug-likeness (QED) is 0.613. The molecule has 3 rings (SSSR count). The fourth-order valence-corrected chi connectivity index (χ4v) is 4.64. The van der Waals surface area contributed by atoms with Crippen LogP contribution in [0.3, 0.4) is 0 Å². The summed E-state index contributed by atoms with van der Waals surface area (Å²) < 4.78 is 1.00. The average Bonchev–Trinajstić information content (AvgIpc) is 2.84. The molecule has 2 fully saturated rings. The van der Waals surface area contributed by atoms with E-state index in [2.05, 4.69) is 46.1 Å². The van der Waals surface area contributed by atoms with Crippen molar-refractivity contribution in [3.8, 4) is 0 Å². The van der Waals surface area contributed by atoms with Gasteiger partial charge >= 0.3 is 0 Å². The Kier molecular flexibility index (Phi) is 3.88. The van der Waals surface area contributed by atoms with E-state index >= 15 is 0 Å². The van der Waals surface area contributed by atoms with Crippen molar-refractivity contribution in [1.29, 1.82) is 0 Å². The molecule has 98 valence electrons. The lowest BCUT2D eigenvalue weighted by molar-refractivity contribution is 0.157. The van der Waals surface area contributed by atoms with Crippen molar-refractivity contribution < 1.29 is 0 Å². The van der Waals surface area contributed by atoms with Gasteiger partial charge in [-0.25, -0.2) is 0 Å². The molecular weight excluding hydrogens is 357 g/mol. The van der Waals surface area contributed by atoms with Gasteiger partial charge in [-0.05, 0) is 60.9 Å². The van der Waals surface area contributed by atoms with Crippen molar-refractivity contribution in [2.75, 3.05) is 13.1 Å². The van der Waals surface area contributed by atoms with E-state index in [1.165, 1.54) is 44.3 Å². The van der Waals surface area contributed by atoms with Crippen LogP contribution in [-0.4, -0.2) is 13.1 Å². The van der Waals surface area contributed by atoms with Crippen molar-refractivity contribution in [2.45, 2.75) is 35.5 Å². The zero-order valence-electron chi connectivity index (χ0n) is 10.5. The van der Waals surface area contributed by atoms with E-state index in [1.54, 1.807) is 5.56 Å². The summed E-state index contributed by atoms with van der Waals surface area (Å²) in [6.45, 7) is 2.39. The molecule has 1 heterocycles. The van der Waals surface area contributed by atoms with Gasteiger partial charge in [-0.15, -0.1) is 0 Å². The lowest BCUT2D eigenvalue weighted by atomic mass is 9.57. The number of rotatable bonds is 3. The summed E-state index contributed by atoms with van der Waals surface area (Å²) in [6, 6.07) is 6.75. The first-order valence-electron chi connectivity index (χ1n) is 6.82. The van der Waals surface area contributed by atoms with Crippen LogP contribution in [0.4, 0.5) is 0 Å². The number of nitrogens with one attached hydrogen (secondary N) is 1. The summed E-state index contributed by atoms with van der Waals surface area (Å²) in [5.74, 6) is 0.828. The van der Waals surface area contributed by atoms with E-state index in [9.17, 15) is 0 Å². The van der Waals surface area contributed by atoms with E-state index < -0.39 is 0 Å². The van der Waals surface area contributed by atoms with Gasteiger partial charge in [0.05, 0.1) is 0 Å². The van der Waals surface area contributed by atoms with Gasteiger partial charge in [0, 0.05) is 9.45 Å². The maximum atomic E-state index is 6.25. The minimum atomic E-state index is 0.453. The van der Waals surface area contributed by atoms with E-state index in [0.29, 0.717) is 5.41 Å². The van der Waals surface area contributed by atoms with E-state index in [-0.39, 0.29) is 0 Å². The normalized spacial score (nSPS) is 26.0. The first-order chi connectivity index (χ1) is 8.76. The highest BCUT2D eigenvalue weighted by molar-refractivity contribution is 14.1. The first kappa shape index (κ1) is 13.2. The third kappa shape index (κ3) is 2.10. The molecule has 1 unspecified atom stereocenters. The average molecular weight is 376 g/mol. The highest BCUT2D eigenvalue weighted by atomic mass is 127. The second-order valence-corrected chi connectivity index (χ2v) is 6.81. The van der Waals surface area contributed by atoms with Gasteiger partial charge in [0.2, 0.25) is 0 Å². The van der Waals surface area contributed by atoms with E-state index in [1.807, 2.05) is 0 Å². The Morgan fingerprint density at radius 3 is 2.78 bits per heavy atom. The molecule has 1 atom stereocenters. The van der Waals surface area contributed by atoms with Crippen molar-refractivity contribution in [3.63, 3.8) is 0 Å². The fourth-order valence-electron chi connectivity index (χ4n) is 3.60. The van der Waals surface area contributed by atoms with Crippen LogP contribution in [-0.2, 0) is 9.84 Å². The molecule has 1 aliphatic heterocycles. The highest BCUT2D eigenvalue weighted by Gasteiger charge is 2.46. The van der Waals surface area contributed by atoms with Crippen molar-refractivity contribution in [3.05, 3.63) is 34.3 Å². The summed E-state index contributed by atoms with van der Waals surface area (Å²) in [4.78, 5) is 0. The largest absolute Gasteiger partial charge is 0.316 e. The Morgan fingerprint density at radius 1 is 1.39 bits per heavy atom. The maximum absolute atomic E-state index is 6.25. The second-order valence-electron chi connectivity index (χ2n) is 5.64. The molecule has 18 heavy (non-hydrogen) atoms. The van der Waals surface area contributed by atoms with Crippen molar-refractivity contribution in [2.24, 2.45) is 5.92 Å². The second kappa shape index (κ2) is 5.29. The Labute approximate surface area is 128 Å². The van der Waals surface area contributed by atoms with Crippen LogP contribution in [0.5, 0.6) is 0 Å². The molecule has 1 saturated carbocycles. The predicted molar refractivity (Wildman–Crippen MR) is 85.7 cm³/mol. The van der Waals surface area contributed by atoms with Crippen molar-refractivity contribution in [1.82, 2.24) is 5.32 Å². The molecule has 0 spiro atoms. The van der Waals surface area contributed by atoms with Gasteiger partial charge in [0.1, 0.15) is 0 Å². The molecule has 1 aliphatic carbocycles. The first-order valence-corrected chi connectivity index (χ1v) is 8.72. The topological polar surface area (TPSA) is 12.0 Å². The van der Waals surface area contributed by atoms with Gasteiger partial charge in [-0.1, -0.05) is 52.7 Å². The highest BCUT2D eigenvalue weighted by Crippen LogP contribution is 2.51. The fraction of sp³-hybridized carbons (Fsp3) is 0.600. The molecule has 1 nitrogen and oxygen atoms in total. The molecule has 2 aliphatic rings. The third-order valence-corrected chi connectivity index (χ3v) is 6.04. The molecule has 3 heteroatoms. The molecular formula is C15H19ClIN. The number of alkyl halides is 1. The smallest absolute Gasteiger partial charge is 0.0445 e. The molecule has 0 radical (unpaired) electrons. The number of halogens is 2. The van der Waals surface area contributed by atoms with Crippen LogP contribution in [0.15, 0.2) is 18.2 Å². The molecule has 0 amide bonds.